The Morgan fingerprint density at radius 2 is 2.15 bits per heavy atom. The van der Waals surface area contributed by atoms with Crippen molar-refractivity contribution in [2.24, 2.45) is 0 Å². The van der Waals surface area contributed by atoms with Crippen LogP contribution in [0.15, 0.2) is 48.7 Å². The zero-order valence-electron chi connectivity index (χ0n) is 10.4. The molecule has 1 N–H and O–H groups in total. The fourth-order valence-electron chi connectivity index (χ4n) is 1.93. The lowest BCUT2D eigenvalue weighted by Crippen LogP contribution is -1.97. The number of nitrogens with zero attached hydrogens (tertiary/aromatic N) is 2. The molecule has 1 aromatic carbocycles. The Bertz CT molecular complexity index is 770. The fourth-order valence-corrected chi connectivity index (χ4v) is 2.69. The molecule has 2 heterocycles. The van der Waals surface area contributed by atoms with Crippen LogP contribution in [-0.4, -0.2) is 9.91 Å². The number of hydrogen-bond acceptors (Lipinski definition) is 5. The molecule has 0 saturated carbocycles. The summed E-state index contributed by atoms with van der Waals surface area (Å²) >= 11 is 1.19. The van der Waals surface area contributed by atoms with E-state index in [1.807, 2.05) is 30.3 Å². The first kappa shape index (κ1) is 12.6. The van der Waals surface area contributed by atoms with Crippen LogP contribution in [0.2, 0.25) is 0 Å². The first-order chi connectivity index (χ1) is 9.72. The van der Waals surface area contributed by atoms with Gasteiger partial charge in [0.05, 0.1) is 10.4 Å². The maximum atomic E-state index is 10.6. The van der Waals surface area contributed by atoms with E-state index in [1.165, 1.54) is 17.4 Å². The van der Waals surface area contributed by atoms with Gasteiger partial charge in [0.2, 0.25) is 0 Å². The van der Waals surface area contributed by atoms with Gasteiger partial charge in [-0.2, -0.15) is 0 Å². The van der Waals surface area contributed by atoms with Crippen LogP contribution < -0.4 is 5.32 Å². The van der Waals surface area contributed by atoms with Crippen molar-refractivity contribution in [2.75, 3.05) is 5.32 Å². The zero-order chi connectivity index (χ0) is 13.9. The van der Waals surface area contributed by atoms with Crippen molar-refractivity contribution in [3.63, 3.8) is 0 Å². The molecule has 3 rings (SSSR count). The van der Waals surface area contributed by atoms with E-state index in [9.17, 15) is 10.1 Å². The van der Waals surface area contributed by atoms with Crippen LogP contribution in [0.1, 0.15) is 4.88 Å². The van der Waals surface area contributed by atoms with E-state index in [0.29, 0.717) is 6.54 Å². The van der Waals surface area contributed by atoms with Crippen molar-refractivity contribution in [1.29, 1.82) is 0 Å². The largest absolute Gasteiger partial charge is 0.380 e. The van der Waals surface area contributed by atoms with Crippen LogP contribution in [0.3, 0.4) is 0 Å². The molecule has 0 bridgehead atoms. The molecule has 0 aliphatic rings. The SMILES string of the molecule is O=[N+]([O-])c1ccc(CNc2ccc3ncccc3c2)s1. The van der Waals surface area contributed by atoms with Gasteiger partial charge in [0, 0.05) is 34.8 Å². The smallest absolute Gasteiger partial charge is 0.324 e. The van der Waals surface area contributed by atoms with Gasteiger partial charge in [0.15, 0.2) is 0 Å². The number of thiophene rings is 1. The molecule has 0 aliphatic carbocycles. The van der Waals surface area contributed by atoms with E-state index in [0.717, 1.165) is 21.5 Å². The number of nitrogens with one attached hydrogen (secondary N) is 1. The summed E-state index contributed by atoms with van der Waals surface area (Å²) in [6.45, 7) is 0.574. The van der Waals surface area contributed by atoms with Gasteiger partial charge in [0.25, 0.3) is 0 Å². The number of aromatic nitrogens is 1. The topological polar surface area (TPSA) is 68.1 Å². The van der Waals surface area contributed by atoms with Crippen LogP contribution in [0.25, 0.3) is 10.9 Å². The number of nitro groups is 1. The highest BCUT2D eigenvalue weighted by atomic mass is 32.1. The van der Waals surface area contributed by atoms with Crippen molar-refractivity contribution in [1.82, 2.24) is 4.98 Å². The fraction of sp³-hybridized carbons (Fsp3) is 0.0714. The molecule has 5 nitrogen and oxygen atoms in total. The summed E-state index contributed by atoms with van der Waals surface area (Å²) in [5.41, 5.74) is 1.92. The molecule has 0 saturated heterocycles. The molecule has 0 aliphatic heterocycles. The normalized spacial score (nSPS) is 10.6. The minimum Gasteiger partial charge on any atom is -0.380 e. The van der Waals surface area contributed by atoms with Crippen LogP contribution in [0.4, 0.5) is 10.7 Å². The standard InChI is InChI=1S/C14H11N3O2S/c18-17(19)14-6-4-12(20-14)9-16-11-3-5-13-10(8-11)2-1-7-15-13/h1-8,16H,9H2. The Morgan fingerprint density at radius 1 is 1.25 bits per heavy atom. The van der Waals surface area contributed by atoms with E-state index < -0.39 is 0 Å². The van der Waals surface area contributed by atoms with Gasteiger partial charge in [-0.05, 0) is 30.3 Å². The molecular formula is C14H11N3O2S. The average Bonchev–Trinajstić information content (AvgIpc) is 2.94. The van der Waals surface area contributed by atoms with Crippen LogP contribution >= 0.6 is 11.3 Å². The van der Waals surface area contributed by atoms with Gasteiger partial charge >= 0.3 is 5.00 Å². The Kier molecular flexibility index (Phi) is 3.30. The lowest BCUT2D eigenvalue weighted by molar-refractivity contribution is -0.380. The third kappa shape index (κ3) is 2.60. The molecule has 0 atom stereocenters. The Hall–Kier alpha value is -2.47. The molecule has 100 valence electrons. The first-order valence-corrected chi connectivity index (χ1v) is 6.86. The third-order valence-electron chi connectivity index (χ3n) is 2.90. The Labute approximate surface area is 119 Å². The summed E-state index contributed by atoms with van der Waals surface area (Å²) in [5.74, 6) is 0. The van der Waals surface area contributed by atoms with Crippen molar-refractivity contribution >= 4 is 32.9 Å². The molecule has 0 radical (unpaired) electrons. The highest BCUT2D eigenvalue weighted by molar-refractivity contribution is 7.15. The van der Waals surface area contributed by atoms with Gasteiger partial charge in [-0.15, -0.1) is 0 Å². The summed E-state index contributed by atoms with van der Waals surface area (Å²) in [6.07, 6.45) is 1.76. The summed E-state index contributed by atoms with van der Waals surface area (Å²) in [6, 6.07) is 13.1. The minimum absolute atomic E-state index is 0.171. The van der Waals surface area contributed by atoms with Crippen LogP contribution in [-0.2, 0) is 6.54 Å². The van der Waals surface area contributed by atoms with Gasteiger partial charge in [-0.3, -0.25) is 15.1 Å². The van der Waals surface area contributed by atoms with E-state index in [4.69, 9.17) is 0 Å². The molecule has 20 heavy (non-hydrogen) atoms. The van der Waals surface area contributed by atoms with Gasteiger partial charge in [-0.1, -0.05) is 17.4 Å². The molecule has 2 aromatic heterocycles. The minimum atomic E-state index is -0.365. The average molecular weight is 285 g/mol. The van der Waals surface area contributed by atoms with E-state index in [-0.39, 0.29) is 9.92 Å². The second-order valence-electron chi connectivity index (χ2n) is 4.26. The number of anilines is 1. The number of rotatable bonds is 4. The number of benzene rings is 1. The summed E-state index contributed by atoms with van der Waals surface area (Å²) < 4.78 is 0. The van der Waals surface area contributed by atoms with Gasteiger partial charge < -0.3 is 5.32 Å². The summed E-state index contributed by atoms with van der Waals surface area (Å²) in [5, 5.41) is 15.1. The van der Waals surface area contributed by atoms with Crippen molar-refractivity contribution in [3.8, 4) is 0 Å². The third-order valence-corrected chi connectivity index (χ3v) is 3.93. The van der Waals surface area contributed by atoms with E-state index in [1.54, 1.807) is 12.3 Å². The van der Waals surface area contributed by atoms with E-state index in [2.05, 4.69) is 10.3 Å². The maximum Gasteiger partial charge on any atom is 0.324 e. The molecule has 0 spiro atoms. The predicted octanol–water partition coefficient (Wildman–Crippen LogP) is 3.82. The monoisotopic (exact) mass is 285 g/mol. The molecule has 3 aromatic rings. The Morgan fingerprint density at radius 3 is 2.95 bits per heavy atom. The number of hydrogen-bond donors (Lipinski definition) is 1. The first-order valence-electron chi connectivity index (χ1n) is 6.04. The zero-order valence-corrected chi connectivity index (χ0v) is 11.3. The van der Waals surface area contributed by atoms with Gasteiger partial charge in [0.1, 0.15) is 0 Å². The molecular weight excluding hydrogens is 274 g/mol. The number of pyridine rings is 1. The highest BCUT2D eigenvalue weighted by Gasteiger charge is 2.09. The molecule has 0 amide bonds. The maximum absolute atomic E-state index is 10.6. The predicted molar refractivity (Wildman–Crippen MR) is 80.0 cm³/mol. The Balaban J connectivity index is 1.74. The summed E-state index contributed by atoms with van der Waals surface area (Å²) in [4.78, 5) is 15.5. The molecule has 6 heteroatoms. The highest BCUT2D eigenvalue weighted by Crippen LogP contribution is 2.25. The second-order valence-corrected chi connectivity index (χ2v) is 5.41. The molecule has 0 unspecified atom stereocenters. The van der Waals surface area contributed by atoms with Crippen LogP contribution in [0, 0.1) is 10.1 Å². The van der Waals surface area contributed by atoms with Crippen LogP contribution in [0.5, 0.6) is 0 Å². The van der Waals surface area contributed by atoms with E-state index >= 15 is 0 Å². The molecule has 0 fully saturated rings. The second kappa shape index (κ2) is 5.26. The van der Waals surface area contributed by atoms with Crippen molar-refractivity contribution < 1.29 is 4.92 Å². The van der Waals surface area contributed by atoms with Gasteiger partial charge in [-0.25, -0.2) is 0 Å². The lowest BCUT2D eigenvalue weighted by Gasteiger charge is -2.05. The lowest BCUT2D eigenvalue weighted by atomic mass is 10.2. The van der Waals surface area contributed by atoms with Crippen molar-refractivity contribution in [2.45, 2.75) is 6.54 Å². The quantitative estimate of drug-likeness (QED) is 0.584. The number of fused-ring (bicyclic) bond motifs is 1. The van der Waals surface area contributed by atoms with Crippen molar-refractivity contribution in [3.05, 3.63) is 63.7 Å². The summed E-state index contributed by atoms with van der Waals surface area (Å²) in [7, 11) is 0.